The van der Waals surface area contributed by atoms with E-state index in [0.717, 1.165) is 11.3 Å². The number of benzene rings is 2. The first-order valence-electron chi connectivity index (χ1n) is 6.52. The first kappa shape index (κ1) is 14.6. The van der Waals surface area contributed by atoms with Crippen molar-refractivity contribution < 1.29 is 4.92 Å². The molecule has 0 heterocycles. The molecule has 0 aliphatic rings. The third kappa shape index (κ3) is 3.61. The molecule has 0 N–H and O–H groups in total. The number of nitrogens with zero attached hydrogens (tertiary/aromatic N) is 2. The molecule has 0 aliphatic heterocycles. The second kappa shape index (κ2) is 6.10. The van der Waals surface area contributed by atoms with Gasteiger partial charge in [-0.25, -0.2) is 0 Å². The van der Waals surface area contributed by atoms with Crippen molar-refractivity contribution >= 4 is 11.4 Å². The van der Waals surface area contributed by atoms with Gasteiger partial charge < -0.3 is 4.90 Å². The minimum atomic E-state index is -0.406. The van der Waals surface area contributed by atoms with Crippen molar-refractivity contribution in [2.75, 3.05) is 19.0 Å². The summed E-state index contributed by atoms with van der Waals surface area (Å²) in [6.45, 7) is 2.02. The minimum Gasteiger partial charge on any atom is -0.377 e. The fourth-order valence-corrected chi connectivity index (χ4v) is 1.90. The molecular formula is C17H16N2O2. The van der Waals surface area contributed by atoms with Crippen molar-refractivity contribution in [3.63, 3.8) is 0 Å². The highest BCUT2D eigenvalue weighted by Gasteiger charge is 2.10. The monoisotopic (exact) mass is 280 g/mol. The van der Waals surface area contributed by atoms with Crippen LogP contribution < -0.4 is 4.90 Å². The van der Waals surface area contributed by atoms with E-state index in [1.807, 2.05) is 50.2 Å². The van der Waals surface area contributed by atoms with Gasteiger partial charge in [0, 0.05) is 31.8 Å². The molecule has 0 atom stereocenters. The Labute approximate surface area is 124 Å². The number of hydrogen-bond acceptors (Lipinski definition) is 3. The molecule has 2 aromatic rings. The molecule has 0 spiro atoms. The van der Waals surface area contributed by atoms with Gasteiger partial charge >= 0.3 is 0 Å². The van der Waals surface area contributed by atoms with Crippen molar-refractivity contribution in [2.24, 2.45) is 0 Å². The second-order valence-electron chi connectivity index (χ2n) is 4.97. The van der Waals surface area contributed by atoms with Crippen molar-refractivity contribution in [1.29, 1.82) is 0 Å². The molecule has 0 aliphatic carbocycles. The van der Waals surface area contributed by atoms with Gasteiger partial charge in [-0.1, -0.05) is 29.5 Å². The van der Waals surface area contributed by atoms with E-state index in [1.54, 1.807) is 6.07 Å². The van der Waals surface area contributed by atoms with E-state index < -0.39 is 4.92 Å². The molecule has 0 aromatic heterocycles. The Morgan fingerprint density at radius 1 is 1.05 bits per heavy atom. The number of anilines is 1. The molecular weight excluding hydrogens is 264 g/mol. The van der Waals surface area contributed by atoms with Crippen LogP contribution in [-0.4, -0.2) is 19.0 Å². The first-order chi connectivity index (χ1) is 9.97. The van der Waals surface area contributed by atoms with Crippen LogP contribution >= 0.6 is 0 Å². The maximum absolute atomic E-state index is 10.9. The predicted molar refractivity (Wildman–Crippen MR) is 84.6 cm³/mol. The van der Waals surface area contributed by atoms with Crippen LogP contribution in [0.15, 0.2) is 42.5 Å². The lowest BCUT2D eigenvalue weighted by atomic mass is 10.1. The highest BCUT2D eigenvalue weighted by atomic mass is 16.6. The number of hydrogen-bond donors (Lipinski definition) is 0. The van der Waals surface area contributed by atoms with Gasteiger partial charge in [-0.05, 0) is 25.1 Å². The molecule has 4 nitrogen and oxygen atoms in total. The summed E-state index contributed by atoms with van der Waals surface area (Å²) in [5.74, 6) is 6.08. The van der Waals surface area contributed by atoms with Gasteiger partial charge in [-0.15, -0.1) is 0 Å². The van der Waals surface area contributed by atoms with Crippen molar-refractivity contribution in [1.82, 2.24) is 0 Å². The average Bonchev–Trinajstić information content (AvgIpc) is 2.46. The van der Waals surface area contributed by atoms with Crippen LogP contribution in [0.5, 0.6) is 0 Å². The SMILES string of the molecule is Cc1ccc(C#Cc2cc([N+](=O)[O-])ccc2N(C)C)cc1. The quantitative estimate of drug-likeness (QED) is 0.481. The molecule has 0 amide bonds. The molecule has 2 aromatic carbocycles. The smallest absolute Gasteiger partial charge is 0.270 e. The average molecular weight is 280 g/mol. The standard InChI is InChI=1S/C17H16N2O2/c1-13-4-6-14(7-5-13)8-9-15-12-16(19(20)21)10-11-17(15)18(2)3/h4-7,10-12H,1-3H3. The molecule has 21 heavy (non-hydrogen) atoms. The number of nitro groups is 1. The largest absolute Gasteiger partial charge is 0.377 e. The molecule has 0 bridgehead atoms. The molecule has 0 saturated carbocycles. The van der Waals surface area contributed by atoms with Gasteiger partial charge in [0.2, 0.25) is 0 Å². The summed E-state index contributed by atoms with van der Waals surface area (Å²) < 4.78 is 0. The zero-order chi connectivity index (χ0) is 15.4. The van der Waals surface area contributed by atoms with Crippen LogP contribution in [-0.2, 0) is 0 Å². The van der Waals surface area contributed by atoms with Crippen LogP contribution in [0.1, 0.15) is 16.7 Å². The normalized spacial score (nSPS) is 9.67. The molecule has 0 unspecified atom stereocenters. The molecule has 4 heteroatoms. The van der Waals surface area contributed by atoms with E-state index in [9.17, 15) is 10.1 Å². The Morgan fingerprint density at radius 3 is 2.29 bits per heavy atom. The van der Waals surface area contributed by atoms with E-state index >= 15 is 0 Å². The van der Waals surface area contributed by atoms with Gasteiger partial charge in [0.15, 0.2) is 0 Å². The third-order valence-electron chi connectivity index (χ3n) is 3.07. The maximum atomic E-state index is 10.9. The Bertz CT molecular complexity index is 723. The lowest BCUT2D eigenvalue weighted by Crippen LogP contribution is -2.10. The van der Waals surface area contributed by atoms with E-state index in [-0.39, 0.29) is 5.69 Å². The number of rotatable bonds is 2. The second-order valence-corrected chi connectivity index (χ2v) is 4.97. The summed E-state index contributed by atoms with van der Waals surface area (Å²) in [6, 6.07) is 12.6. The van der Waals surface area contributed by atoms with Crippen LogP contribution in [0.4, 0.5) is 11.4 Å². The summed E-state index contributed by atoms with van der Waals surface area (Å²) >= 11 is 0. The Kier molecular flexibility index (Phi) is 4.24. The summed E-state index contributed by atoms with van der Waals surface area (Å²) in [5, 5.41) is 10.9. The Balaban J connectivity index is 2.44. The van der Waals surface area contributed by atoms with E-state index in [2.05, 4.69) is 11.8 Å². The lowest BCUT2D eigenvalue weighted by molar-refractivity contribution is -0.384. The van der Waals surface area contributed by atoms with Gasteiger partial charge in [-0.3, -0.25) is 10.1 Å². The van der Waals surface area contributed by atoms with Crippen LogP contribution in [0.3, 0.4) is 0 Å². The lowest BCUT2D eigenvalue weighted by Gasteiger charge is -2.14. The van der Waals surface area contributed by atoms with Crippen molar-refractivity contribution in [3.05, 3.63) is 69.3 Å². The van der Waals surface area contributed by atoms with E-state index in [1.165, 1.54) is 17.7 Å². The van der Waals surface area contributed by atoms with Crippen LogP contribution in [0, 0.1) is 28.9 Å². The fraction of sp³-hybridized carbons (Fsp3) is 0.176. The fourth-order valence-electron chi connectivity index (χ4n) is 1.90. The molecule has 0 radical (unpaired) electrons. The number of non-ortho nitro benzene ring substituents is 1. The van der Waals surface area contributed by atoms with E-state index in [4.69, 9.17) is 0 Å². The molecule has 2 rings (SSSR count). The first-order valence-corrected chi connectivity index (χ1v) is 6.52. The molecule has 106 valence electrons. The molecule has 0 saturated heterocycles. The zero-order valence-corrected chi connectivity index (χ0v) is 12.3. The van der Waals surface area contributed by atoms with Crippen LogP contribution in [0.25, 0.3) is 0 Å². The van der Waals surface area contributed by atoms with Crippen molar-refractivity contribution in [2.45, 2.75) is 6.92 Å². The third-order valence-corrected chi connectivity index (χ3v) is 3.07. The van der Waals surface area contributed by atoms with Gasteiger partial charge in [-0.2, -0.15) is 0 Å². The number of aryl methyl sites for hydroxylation is 1. The zero-order valence-electron chi connectivity index (χ0n) is 12.3. The highest BCUT2D eigenvalue weighted by molar-refractivity contribution is 5.64. The topological polar surface area (TPSA) is 46.4 Å². The summed E-state index contributed by atoms with van der Waals surface area (Å²) in [6.07, 6.45) is 0. The Morgan fingerprint density at radius 2 is 1.71 bits per heavy atom. The van der Waals surface area contributed by atoms with Crippen molar-refractivity contribution in [3.8, 4) is 11.8 Å². The summed E-state index contributed by atoms with van der Waals surface area (Å²) in [7, 11) is 3.77. The minimum absolute atomic E-state index is 0.0498. The Hall–Kier alpha value is -2.80. The van der Waals surface area contributed by atoms with E-state index in [0.29, 0.717) is 5.56 Å². The van der Waals surface area contributed by atoms with Crippen LogP contribution in [0.2, 0.25) is 0 Å². The molecule has 0 fully saturated rings. The summed E-state index contributed by atoms with van der Waals surface area (Å²) in [5.41, 5.74) is 3.62. The van der Waals surface area contributed by atoms with Gasteiger partial charge in [0.25, 0.3) is 5.69 Å². The van der Waals surface area contributed by atoms with Gasteiger partial charge in [0.05, 0.1) is 16.2 Å². The highest BCUT2D eigenvalue weighted by Crippen LogP contribution is 2.23. The maximum Gasteiger partial charge on any atom is 0.270 e. The van der Waals surface area contributed by atoms with Gasteiger partial charge in [0.1, 0.15) is 0 Å². The predicted octanol–water partition coefficient (Wildman–Crippen LogP) is 3.37. The number of nitro benzene ring substituents is 1. The summed E-state index contributed by atoms with van der Waals surface area (Å²) in [4.78, 5) is 12.4.